The van der Waals surface area contributed by atoms with Gasteiger partial charge >= 0.3 is 0 Å². The number of sulfonamides is 1. The molecule has 0 aromatic rings. The van der Waals surface area contributed by atoms with E-state index in [4.69, 9.17) is 0 Å². The first-order valence-corrected chi connectivity index (χ1v) is 6.36. The molecule has 0 unspecified atom stereocenters. The molecule has 0 amide bonds. The van der Waals surface area contributed by atoms with Crippen LogP contribution in [0, 0.1) is 0 Å². The van der Waals surface area contributed by atoms with E-state index in [1.807, 2.05) is 0 Å². The van der Waals surface area contributed by atoms with E-state index < -0.39 is 10.0 Å². The highest BCUT2D eigenvalue weighted by Gasteiger charge is 2.14. The third-order valence-electron chi connectivity index (χ3n) is 1.93. The van der Waals surface area contributed by atoms with Gasteiger partial charge in [-0.05, 0) is 13.0 Å². The minimum Gasteiger partial charge on any atom is -0.314 e. The molecule has 3 N–H and O–H groups in total. The third-order valence-corrected chi connectivity index (χ3v) is 2.66. The molecule has 13 heavy (non-hydrogen) atoms. The summed E-state index contributed by atoms with van der Waals surface area (Å²) in [6, 6.07) is 0.582. The van der Waals surface area contributed by atoms with Crippen molar-refractivity contribution >= 4 is 10.0 Å². The minimum absolute atomic E-state index is 0.520. The SMILES string of the molecule is CS(=O)(=O)NCCCNC1CNC1. The first-order valence-electron chi connectivity index (χ1n) is 4.47. The lowest BCUT2D eigenvalue weighted by molar-refractivity contribution is 0.365. The lowest BCUT2D eigenvalue weighted by atomic mass is 10.2. The van der Waals surface area contributed by atoms with Crippen LogP contribution in [0.1, 0.15) is 6.42 Å². The van der Waals surface area contributed by atoms with Crippen LogP contribution < -0.4 is 15.4 Å². The molecule has 0 aromatic carbocycles. The molecule has 6 heteroatoms. The van der Waals surface area contributed by atoms with Crippen LogP contribution in [-0.4, -0.2) is 46.9 Å². The maximum absolute atomic E-state index is 10.7. The number of hydrogen-bond acceptors (Lipinski definition) is 4. The fraction of sp³-hybridized carbons (Fsp3) is 1.00. The van der Waals surface area contributed by atoms with Gasteiger partial charge in [-0.1, -0.05) is 0 Å². The van der Waals surface area contributed by atoms with E-state index in [1.165, 1.54) is 6.26 Å². The van der Waals surface area contributed by atoms with E-state index in [-0.39, 0.29) is 0 Å². The van der Waals surface area contributed by atoms with Crippen LogP contribution in [0.25, 0.3) is 0 Å². The van der Waals surface area contributed by atoms with Crippen molar-refractivity contribution in [3.8, 4) is 0 Å². The largest absolute Gasteiger partial charge is 0.314 e. The fourth-order valence-electron chi connectivity index (χ4n) is 1.09. The molecule has 78 valence electrons. The Balaban J connectivity index is 1.89. The zero-order chi connectivity index (χ0) is 9.73. The first-order chi connectivity index (χ1) is 6.08. The second-order valence-corrected chi connectivity index (χ2v) is 5.16. The smallest absolute Gasteiger partial charge is 0.208 e. The Morgan fingerprint density at radius 2 is 2.08 bits per heavy atom. The van der Waals surface area contributed by atoms with Crippen LogP contribution in [0.15, 0.2) is 0 Å². The van der Waals surface area contributed by atoms with Gasteiger partial charge in [0.25, 0.3) is 0 Å². The Labute approximate surface area is 79.3 Å². The zero-order valence-electron chi connectivity index (χ0n) is 7.84. The molecule has 1 aliphatic rings. The molecule has 1 heterocycles. The predicted molar refractivity (Wildman–Crippen MR) is 52.1 cm³/mol. The summed E-state index contributed by atoms with van der Waals surface area (Å²) in [6.07, 6.45) is 2.01. The second kappa shape index (κ2) is 4.90. The molecule has 0 radical (unpaired) electrons. The Kier molecular flexibility index (Phi) is 4.11. The van der Waals surface area contributed by atoms with Gasteiger partial charge in [0.1, 0.15) is 0 Å². The fourth-order valence-corrected chi connectivity index (χ4v) is 1.60. The summed E-state index contributed by atoms with van der Waals surface area (Å²) in [6.45, 7) is 3.44. The monoisotopic (exact) mass is 207 g/mol. The molecule has 0 aliphatic carbocycles. The van der Waals surface area contributed by atoms with Crippen molar-refractivity contribution < 1.29 is 8.42 Å². The van der Waals surface area contributed by atoms with Gasteiger partial charge in [-0.15, -0.1) is 0 Å². The van der Waals surface area contributed by atoms with Crippen molar-refractivity contribution in [2.24, 2.45) is 0 Å². The normalized spacial score (nSPS) is 18.5. The second-order valence-electron chi connectivity index (χ2n) is 3.33. The molecule has 5 nitrogen and oxygen atoms in total. The van der Waals surface area contributed by atoms with Gasteiger partial charge in [-0.2, -0.15) is 0 Å². The van der Waals surface area contributed by atoms with Gasteiger partial charge < -0.3 is 10.6 Å². The number of hydrogen-bond donors (Lipinski definition) is 3. The first kappa shape index (κ1) is 10.9. The zero-order valence-corrected chi connectivity index (χ0v) is 8.65. The summed E-state index contributed by atoms with van der Waals surface area (Å²) >= 11 is 0. The van der Waals surface area contributed by atoms with Gasteiger partial charge in [0, 0.05) is 25.7 Å². The summed E-state index contributed by atoms with van der Waals surface area (Å²) in [5.41, 5.74) is 0. The predicted octanol–water partition coefficient (Wildman–Crippen LogP) is -1.51. The van der Waals surface area contributed by atoms with E-state index in [1.54, 1.807) is 0 Å². The highest BCUT2D eigenvalue weighted by molar-refractivity contribution is 7.88. The average Bonchev–Trinajstić information content (AvgIpc) is 1.90. The highest BCUT2D eigenvalue weighted by Crippen LogP contribution is 1.89. The van der Waals surface area contributed by atoms with Crippen LogP contribution >= 0.6 is 0 Å². The van der Waals surface area contributed by atoms with Gasteiger partial charge in [0.2, 0.25) is 10.0 Å². The molecule has 0 spiro atoms. The van der Waals surface area contributed by atoms with Crippen LogP contribution in [0.2, 0.25) is 0 Å². The van der Waals surface area contributed by atoms with Gasteiger partial charge in [0.15, 0.2) is 0 Å². The van der Waals surface area contributed by atoms with Crippen molar-refractivity contribution in [1.29, 1.82) is 0 Å². The molecule has 0 saturated carbocycles. The molecule has 1 rings (SSSR count). The van der Waals surface area contributed by atoms with Crippen molar-refractivity contribution in [2.75, 3.05) is 32.4 Å². The van der Waals surface area contributed by atoms with Crippen molar-refractivity contribution in [3.05, 3.63) is 0 Å². The quantitative estimate of drug-likeness (QED) is 0.463. The van der Waals surface area contributed by atoms with Crippen LogP contribution in [0.3, 0.4) is 0 Å². The van der Waals surface area contributed by atoms with Gasteiger partial charge in [0.05, 0.1) is 6.26 Å². The lowest BCUT2D eigenvalue weighted by Crippen LogP contribution is -2.55. The Bertz CT molecular complexity index is 236. The summed E-state index contributed by atoms with van der Waals surface area (Å²) in [4.78, 5) is 0. The van der Waals surface area contributed by atoms with E-state index in [2.05, 4.69) is 15.4 Å². The Morgan fingerprint density at radius 3 is 2.54 bits per heavy atom. The van der Waals surface area contributed by atoms with E-state index >= 15 is 0 Å². The summed E-state index contributed by atoms with van der Waals surface area (Å²) in [7, 11) is -3.01. The topological polar surface area (TPSA) is 70.2 Å². The van der Waals surface area contributed by atoms with Crippen LogP contribution in [-0.2, 0) is 10.0 Å². The highest BCUT2D eigenvalue weighted by atomic mass is 32.2. The molecular weight excluding hydrogens is 190 g/mol. The average molecular weight is 207 g/mol. The van der Waals surface area contributed by atoms with Crippen LogP contribution in [0.5, 0.6) is 0 Å². The van der Waals surface area contributed by atoms with E-state index in [0.717, 1.165) is 26.1 Å². The van der Waals surface area contributed by atoms with E-state index in [0.29, 0.717) is 12.6 Å². The summed E-state index contributed by atoms with van der Waals surface area (Å²) < 4.78 is 23.8. The standard InChI is InChI=1S/C7H17N3O2S/c1-13(11,12)10-4-2-3-9-7-5-8-6-7/h7-10H,2-6H2,1H3. The summed E-state index contributed by atoms with van der Waals surface area (Å²) in [5, 5.41) is 6.46. The van der Waals surface area contributed by atoms with Crippen molar-refractivity contribution in [1.82, 2.24) is 15.4 Å². The van der Waals surface area contributed by atoms with Crippen molar-refractivity contribution in [3.63, 3.8) is 0 Å². The number of rotatable bonds is 6. The molecule has 0 atom stereocenters. The Hall–Kier alpha value is -0.170. The summed E-state index contributed by atoms with van der Waals surface area (Å²) in [5.74, 6) is 0. The van der Waals surface area contributed by atoms with Gasteiger partial charge in [-0.25, -0.2) is 13.1 Å². The van der Waals surface area contributed by atoms with E-state index in [9.17, 15) is 8.42 Å². The molecule has 1 saturated heterocycles. The lowest BCUT2D eigenvalue weighted by Gasteiger charge is -2.28. The molecular formula is C7H17N3O2S. The molecule has 0 bridgehead atoms. The third kappa shape index (κ3) is 5.20. The number of nitrogens with one attached hydrogen (secondary N) is 3. The molecule has 1 aliphatic heterocycles. The van der Waals surface area contributed by atoms with Crippen molar-refractivity contribution in [2.45, 2.75) is 12.5 Å². The minimum atomic E-state index is -3.01. The maximum atomic E-state index is 10.7. The molecule has 1 fully saturated rings. The van der Waals surface area contributed by atoms with Gasteiger partial charge in [-0.3, -0.25) is 0 Å². The Morgan fingerprint density at radius 1 is 1.38 bits per heavy atom. The maximum Gasteiger partial charge on any atom is 0.208 e. The molecule has 0 aromatic heterocycles. The van der Waals surface area contributed by atoms with Crippen LogP contribution in [0.4, 0.5) is 0 Å².